The molecule has 0 spiro atoms. The summed E-state index contributed by atoms with van der Waals surface area (Å²) >= 11 is 0. The second kappa shape index (κ2) is 8.23. The first-order valence-corrected chi connectivity index (χ1v) is 12.2. The Kier molecular flexibility index (Phi) is 5.75. The lowest BCUT2D eigenvalue weighted by atomic mass is 10.1. The van der Waals surface area contributed by atoms with E-state index in [1.54, 1.807) is 0 Å². The summed E-state index contributed by atoms with van der Waals surface area (Å²) in [6.45, 7) is -0.825. The minimum absolute atomic E-state index is 0.0987. The molecule has 0 amide bonds. The zero-order valence-electron chi connectivity index (χ0n) is 17.4. The molecule has 2 aromatic rings. The van der Waals surface area contributed by atoms with Crippen LogP contribution >= 0.6 is 0 Å². The summed E-state index contributed by atoms with van der Waals surface area (Å²) in [6.07, 6.45) is 0. The second-order valence-corrected chi connectivity index (χ2v) is 10.4. The number of methoxy groups -OCH3 is 1. The van der Waals surface area contributed by atoms with Gasteiger partial charge in [0, 0.05) is 5.56 Å². The Balaban J connectivity index is 1.95. The van der Waals surface area contributed by atoms with E-state index in [1.165, 1.54) is 18.2 Å². The van der Waals surface area contributed by atoms with E-state index >= 15 is 0 Å². The number of carboxylic acid groups (broad SMARTS) is 1. The van der Waals surface area contributed by atoms with Crippen molar-refractivity contribution in [3.63, 3.8) is 0 Å². The van der Waals surface area contributed by atoms with Gasteiger partial charge in [-0.05, 0) is 35.9 Å². The summed E-state index contributed by atoms with van der Waals surface area (Å²) in [5.41, 5.74) is -7.86. The topological polar surface area (TPSA) is 146 Å². The minimum Gasteiger partial charge on any atom is -0.497 e. The van der Waals surface area contributed by atoms with Crippen molar-refractivity contribution in [2.24, 2.45) is 0 Å². The third-order valence-corrected chi connectivity index (χ3v) is 7.66. The Morgan fingerprint density at radius 2 is 1.83 bits per heavy atom. The molecule has 188 valence electrons. The number of sulfonamides is 1. The van der Waals surface area contributed by atoms with Crippen molar-refractivity contribution in [2.75, 3.05) is 13.9 Å². The van der Waals surface area contributed by atoms with Crippen molar-refractivity contribution >= 4 is 31.9 Å². The lowest BCUT2D eigenvalue weighted by molar-refractivity contribution is -0.134. The van der Waals surface area contributed by atoms with Gasteiger partial charge in [0.05, 0.1) is 18.6 Å². The van der Waals surface area contributed by atoms with Crippen molar-refractivity contribution in [1.82, 2.24) is 4.31 Å². The number of fused-ring (bicyclic) bond motifs is 2. The molecule has 0 aromatic heterocycles. The molecular formula is C19H14F3NO10S2. The molecule has 0 radical (unpaired) electrons. The molecule has 1 N–H and O–H groups in total. The number of nitrogens with zero attached hydrogens (tertiary/aromatic N) is 1. The summed E-state index contributed by atoms with van der Waals surface area (Å²) in [5, 5.41) is 9.80. The predicted molar refractivity (Wildman–Crippen MR) is 109 cm³/mol. The highest BCUT2D eigenvalue weighted by molar-refractivity contribution is 7.89. The van der Waals surface area contributed by atoms with Crippen molar-refractivity contribution in [2.45, 2.75) is 16.9 Å². The summed E-state index contributed by atoms with van der Waals surface area (Å²) < 4.78 is 109. The lowest BCUT2D eigenvalue weighted by Gasteiger charge is -2.32. The fourth-order valence-corrected chi connectivity index (χ4v) is 5.44. The van der Waals surface area contributed by atoms with E-state index in [4.69, 9.17) is 14.2 Å². The zero-order chi connectivity index (χ0) is 25.8. The average Bonchev–Trinajstić information content (AvgIpc) is 3.23. The van der Waals surface area contributed by atoms with E-state index in [1.807, 2.05) is 0 Å². The van der Waals surface area contributed by atoms with Crippen molar-refractivity contribution in [1.29, 1.82) is 0 Å². The molecule has 2 aliphatic rings. The SMILES string of the molecule is COc1ccc2c(c1)C(OS(=O)(=O)C(F)(F)F)=C(C(=O)O)N(Cc1ccc3c(c1)OCO3)S2(=O)=O. The van der Waals surface area contributed by atoms with Gasteiger partial charge in [0.2, 0.25) is 6.79 Å². The van der Waals surface area contributed by atoms with Crippen LogP contribution in [0.4, 0.5) is 13.2 Å². The van der Waals surface area contributed by atoms with E-state index in [0.717, 1.165) is 25.3 Å². The summed E-state index contributed by atoms with van der Waals surface area (Å²) in [6, 6.07) is 7.07. The number of hydrogen-bond acceptors (Lipinski definition) is 9. The summed E-state index contributed by atoms with van der Waals surface area (Å²) in [7, 11) is -9.96. The quantitative estimate of drug-likeness (QED) is 0.430. The van der Waals surface area contributed by atoms with Gasteiger partial charge in [-0.25, -0.2) is 13.2 Å². The Morgan fingerprint density at radius 1 is 1.14 bits per heavy atom. The smallest absolute Gasteiger partial charge is 0.497 e. The maximum Gasteiger partial charge on any atom is 0.534 e. The Hall–Kier alpha value is -3.66. The first-order chi connectivity index (χ1) is 16.3. The third-order valence-electron chi connectivity index (χ3n) is 4.91. The van der Waals surface area contributed by atoms with Crippen molar-refractivity contribution in [3.05, 3.63) is 53.2 Å². The van der Waals surface area contributed by atoms with Gasteiger partial charge in [0.15, 0.2) is 23.0 Å². The Morgan fingerprint density at radius 3 is 2.46 bits per heavy atom. The van der Waals surface area contributed by atoms with Gasteiger partial charge in [0.25, 0.3) is 10.0 Å². The van der Waals surface area contributed by atoms with E-state index in [0.29, 0.717) is 5.75 Å². The monoisotopic (exact) mass is 537 g/mol. The van der Waals surface area contributed by atoms with E-state index in [9.17, 15) is 39.9 Å². The third kappa shape index (κ3) is 4.18. The summed E-state index contributed by atoms with van der Waals surface area (Å²) in [5.74, 6) is -2.95. The van der Waals surface area contributed by atoms with Gasteiger partial charge >= 0.3 is 21.6 Å². The molecule has 11 nitrogen and oxygen atoms in total. The fourth-order valence-electron chi connectivity index (χ4n) is 3.33. The highest BCUT2D eigenvalue weighted by atomic mass is 32.2. The van der Waals surface area contributed by atoms with Crippen molar-refractivity contribution < 1.29 is 58.3 Å². The standard InChI is InChI=1S/C19H14F3NO10S2/c1-30-11-3-5-15-12(7-11)17(33-35(28,29)19(20,21)22)16(18(24)25)23(34(15,26)27)8-10-2-4-13-14(6-10)32-9-31-13/h2-7H,8-9H2,1H3,(H,24,25). The van der Waals surface area contributed by atoms with Gasteiger partial charge in [-0.1, -0.05) is 6.07 Å². The molecule has 2 aliphatic heterocycles. The van der Waals surface area contributed by atoms with Crippen LogP contribution in [0.25, 0.3) is 5.76 Å². The molecule has 0 bridgehead atoms. The first kappa shape index (κ1) is 24.5. The van der Waals surface area contributed by atoms with Crippen LogP contribution in [0.15, 0.2) is 47.0 Å². The minimum atomic E-state index is -6.39. The molecule has 0 fully saturated rings. The van der Waals surface area contributed by atoms with Crippen LogP contribution in [0, 0.1) is 0 Å². The molecule has 0 saturated carbocycles. The number of aliphatic carboxylic acids is 1. The fraction of sp³-hybridized carbons (Fsp3) is 0.211. The highest BCUT2D eigenvalue weighted by Gasteiger charge is 2.51. The van der Waals surface area contributed by atoms with Gasteiger partial charge in [-0.2, -0.15) is 21.6 Å². The molecule has 16 heteroatoms. The van der Waals surface area contributed by atoms with Crippen LogP contribution in [-0.4, -0.2) is 51.6 Å². The van der Waals surface area contributed by atoms with Gasteiger partial charge in [0.1, 0.15) is 5.75 Å². The largest absolute Gasteiger partial charge is 0.534 e. The molecule has 0 saturated heterocycles. The molecule has 0 atom stereocenters. The Bertz CT molecular complexity index is 1470. The number of ether oxygens (including phenoxy) is 3. The van der Waals surface area contributed by atoms with Gasteiger partial charge in [-0.15, -0.1) is 0 Å². The van der Waals surface area contributed by atoms with E-state index < -0.39 is 60.1 Å². The van der Waals surface area contributed by atoms with Crippen molar-refractivity contribution in [3.8, 4) is 17.2 Å². The number of hydrogen-bond donors (Lipinski definition) is 1. The molecule has 35 heavy (non-hydrogen) atoms. The normalized spacial score (nSPS) is 16.6. The molecular weight excluding hydrogens is 523 g/mol. The van der Waals surface area contributed by atoms with Gasteiger partial charge in [-0.3, -0.25) is 4.31 Å². The number of halogens is 3. The van der Waals surface area contributed by atoms with Crippen LogP contribution < -0.4 is 14.2 Å². The molecule has 0 unspecified atom stereocenters. The molecule has 4 rings (SSSR count). The van der Waals surface area contributed by atoms with Crippen LogP contribution in [0.1, 0.15) is 11.1 Å². The molecule has 0 aliphatic carbocycles. The zero-order valence-corrected chi connectivity index (χ0v) is 19.0. The number of carbonyl (C=O) groups is 1. The number of alkyl halides is 3. The Labute approximate surface area is 196 Å². The maximum absolute atomic E-state index is 13.4. The highest BCUT2D eigenvalue weighted by Crippen LogP contribution is 2.43. The predicted octanol–water partition coefficient (Wildman–Crippen LogP) is 2.25. The molecule has 2 heterocycles. The molecule has 2 aromatic carbocycles. The van der Waals surface area contributed by atoms with E-state index in [2.05, 4.69) is 4.18 Å². The van der Waals surface area contributed by atoms with E-state index in [-0.39, 0.29) is 28.2 Å². The van der Waals surface area contributed by atoms with Gasteiger partial charge < -0.3 is 23.5 Å². The number of carboxylic acids is 1. The number of rotatable bonds is 6. The summed E-state index contributed by atoms with van der Waals surface area (Å²) in [4.78, 5) is 11.4. The van der Waals surface area contributed by atoms with Crippen LogP contribution in [0.5, 0.6) is 17.2 Å². The maximum atomic E-state index is 13.4. The average molecular weight is 537 g/mol. The van der Waals surface area contributed by atoms with Crippen LogP contribution in [-0.2, 0) is 35.7 Å². The number of benzene rings is 2. The second-order valence-electron chi connectivity index (χ2n) is 7.03. The van der Waals surface area contributed by atoms with Crippen LogP contribution in [0.2, 0.25) is 0 Å². The van der Waals surface area contributed by atoms with Crippen LogP contribution in [0.3, 0.4) is 0 Å². The lowest BCUT2D eigenvalue weighted by Crippen LogP contribution is -2.39. The first-order valence-electron chi connectivity index (χ1n) is 9.34.